The van der Waals surface area contributed by atoms with Crippen molar-refractivity contribution in [3.05, 3.63) is 44.6 Å². The molecule has 1 fully saturated rings. The molecule has 10 unspecified atom stereocenters. The Kier molecular flexibility index (Phi) is 8.83. The molecule has 0 amide bonds. The van der Waals surface area contributed by atoms with Crippen molar-refractivity contribution in [1.82, 2.24) is 0 Å². The molecule has 0 aliphatic heterocycles. The highest BCUT2D eigenvalue weighted by Gasteiger charge is 2.52. The van der Waals surface area contributed by atoms with Gasteiger partial charge in [-0.05, 0) is 137 Å². The maximum Gasteiger partial charge on any atom is 0.217 e. The summed E-state index contributed by atoms with van der Waals surface area (Å²) in [5, 5.41) is 10.5. The van der Waals surface area contributed by atoms with Crippen LogP contribution in [0.1, 0.15) is 96.4 Å². The van der Waals surface area contributed by atoms with Gasteiger partial charge in [-0.15, -0.1) is 0 Å². The number of alkyl halides is 2. The van der Waals surface area contributed by atoms with Crippen molar-refractivity contribution < 1.29 is 5.11 Å². The number of hydrogen-bond donors (Lipinski definition) is 1. The predicted molar refractivity (Wildman–Crippen MR) is 158 cm³/mol. The van der Waals surface area contributed by atoms with Crippen LogP contribution in [0.4, 0.5) is 0 Å². The van der Waals surface area contributed by atoms with E-state index in [-0.39, 0.29) is 11.8 Å². The van der Waals surface area contributed by atoms with Gasteiger partial charge in [-0.3, -0.25) is 0 Å². The van der Waals surface area contributed by atoms with Crippen LogP contribution in [0.5, 0.6) is 0 Å². The molecular formula is C33H52Cl2O. The van der Waals surface area contributed by atoms with E-state index >= 15 is 0 Å². The highest BCUT2D eigenvalue weighted by Crippen LogP contribution is 2.59. The minimum atomic E-state index is -1.72. The molecule has 0 aromatic rings. The average Bonchev–Trinajstić information content (AvgIpc) is 3.07. The van der Waals surface area contributed by atoms with Crippen LogP contribution in [0.3, 0.4) is 0 Å². The summed E-state index contributed by atoms with van der Waals surface area (Å²) in [7, 11) is 0. The molecule has 0 saturated heterocycles. The molecule has 204 valence electrons. The van der Waals surface area contributed by atoms with Gasteiger partial charge in [0.1, 0.15) is 0 Å². The normalized spacial score (nSPS) is 36.5. The summed E-state index contributed by atoms with van der Waals surface area (Å²) < 4.78 is -1.72. The van der Waals surface area contributed by atoms with Crippen molar-refractivity contribution in [1.29, 1.82) is 0 Å². The fraction of sp³-hybridized carbons (Fsp3) is 0.758. The number of halogens is 2. The molecule has 36 heavy (non-hydrogen) atoms. The van der Waals surface area contributed by atoms with E-state index < -0.39 is 4.52 Å². The molecule has 10 atom stereocenters. The molecule has 0 radical (unpaired) electrons. The second-order valence-corrected chi connectivity index (χ2v) is 14.5. The smallest absolute Gasteiger partial charge is 0.217 e. The molecular weight excluding hydrogens is 483 g/mol. The van der Waals surface area contributed by atoms with Crippen LogP contribution >= 0.6 is 23.2 Å². The Labute approximate surface area is 232 Å². The zero-order valence-electron chi connectivity index (χ0n) is 25.2. The average molecular weight is 536 g/mol. The fourth-order valence-corrected chi connectivity index (χ4v) is 9.11. The molecule has 1 saturated carbocycles. The second-order valence-electron chi connectivity index (χ2n) is 13.2. The number of aliphatic hydroxyl groups is 1. The zero-order valence-corrected chi connectivity index (χ0v) is 26.7. The Morgan fingerprint density at radius 1 is 0.694 bits per heavy atom. The maximum atomic E-state index is 10.5. The van der Waals surface area contributed by atoms with Gasteiger partial charge >= 0.3 is 0 Å². The van der Waals surface area contributed by atoms with Gasteiger partial charge in [-0.25, -0.2) is 0 Å². The number of hydrogen-bond acceptors (Lipinski definition) is 1. The van der Waals surface area contributed by atoms with Gasteiger partial charge in [0.2, 0.25) is 4.52 Å². The topological polar surface area (TPSA) is 20.2 Å². The third-order valence-corrected chi connectivity index (χ3v) is 12.7. The van der Waals surface area contributed by atoms with E-state index in [0.717, 1.165) is 6.42 Å². The summed E-state index contributed by atoms with van der Waals surface area (Å²) >= 11 is 12.5. The van der Waals surface area contributed by atoms with E-state index in [1.165, 1.54) is 33.4 Å². The van der Waals surface area contributed by atoms with E-state index in [1.54, 1.807) is 11.1 Å². The van der Waals surface area contributed by atoms with Gasteiger partial charge in [-0.2, -0.15) is 0 Å². The molecule has 3 rings (SSSR count). The summed E-state index contributed by atoms with van der Waals surface area (Å²) in [5.74, 6) is 4.68. The molecule has 0 spiro atoms. The minimum absolute atomic E-state index is 0.166. The monoisotopic (exact) mass is 534 g/mol. The van der Waals surface area contributed by atoms with Crippen LogP contribution in [-0.4, -0.2) is 9.63 Å². The fourth-order valence-electron chi connectivity index (χ4n) is 8.72. The van der Waals surface area contributed by atoms with Crippen molar-refractivity contribution >= 4 is 23.2 Å². The third-order valence-electron chi connectivity index (χ3n) is 12.0. The maximum absolute atomic E-state index is 10.5. The predicted octanol–water partition coefficient (Wildman–Crippen LogP) is 10.1. The van der Waals surface area contributed by atoms with E-state index in [0.29, 0.717) is 47.3 Å². The molecule has 1 N–H and O–H groups in total. The summed E-state index contributed by atoms with van der Waals surface area (Å²) in [6, 6.07) is 0. The van der Waals surface area contributed by atoms with Gasteiger partial charge in [0.05, 0.1) is 0 Å². The highest BCUT2D eigenvalue weighted by molar-refractivity contribution is 6.47. The van der Waals surface area contributed by atoms with Crippen molar-refractivity contribution in [2.45, 2.75) is 101 Å². The lowest BCUT2D eigenvalue weighted by atomic mass is 9.61. The Balaban J connectivity index is 2.01. The minimum Gasteiger partial charge on any atom is -0.362 e. The van der Waals surface area contributed by atoms with Crippen LogP contribution in [0.25, 0.3) is 0 Å². The summed E-state index contributed by atoms with van der Waals surface area (Å²) in [6.45, 7) is 30.4. The summed E-state index contributed by atoms with van der Waals surface area (Å²) in [4.78, 5) is 0. The Hall–Kier alpha value is -0.500. The SMILES string of the molecule is CC1=C(C)C(CC(C)C2C(C)C(C)C3C(C)=C(C)C(C)=C(C)C32)C(C(C)C(C)C(O)(Cl)Cl)C(C)=C1C. The number of fused-ring (bicyclic) bond motifs is 1. The second kappa shape index (κ2) is 10.6. The largest absolute Gasteiger partial charge is 0.362 e. The number of allylic oxidation sites excluding steroid dienone is 8. The van der Waals surface area contributed by atoms with Gasteiger partial charge in [0.15, 0.2) is 0 Å². The first-order valence-corrected chi connectivity index (χ1v) is 15.0. The van der Waals surface area contributed by atoms with Crippen molar-refractivity contribution in [2.75, 3.05) is 0 Å². The third kappa shape index (κ3) is 4.84. The first-order valence-electron chi connectivity index (χ1n) is 14.2. The highest BCUT2D eigenvalue weighted by atomic mass is 35.5. The standard InChI is InChI=1S/C33H52Cl2O/c1-15(29-24(10)25(11)31-22(8)18(4)19(5)23(9)32(29)31)14-28-20(6)16(2)17(3)21(7)30(28)26(12)27(13)33(34,35)36/h15,24-32,36H,14H2,1-13H3. The van der Waals surface area contributed by atoms with E-state index in [1.807, 2.05) is 6.92 Å². The van der Waals surface area contributed by atoms with Crippen LogP contribution in [-0.2, 0) is 0 Å². The summed E-state index contributed by atoms with van der Waals surface area (Å²) in [5.41, 5.74) is 12.1. The van der Waals surface area contributed by atoms with Gasteiger partial charge in [-0.1, -0.05) is 80.1 Å². The molecule has 1 nitrogen and oxygen atoms in total. The number of rotatable bonds is 6. The van der Waals surface area contributed by atoms with Crippen LogP contribution < -0.4 is 0 Å². The Morgan fingerprint density at radius 3 is 1.64 bits per heavy atom. The van der Waals surface area contributed by atoms with Gasteiger partial charge < -0.3 is 5.11 Å². The zero-order chi connectivity index (χ0) is 27.6. The van der Waals surface area contributed by atoms with Gasteiger partial charge in [0, 0.05) is 5.92 Å². The van der Waals surface area contributed by atoms with Crippen LogP contribution in [0, 0.1) is 59.2 Å². The van der Waals surface area contributed by atoms with Crippen LogP contribution in [0.2, 0.25) is 0 Å². The molecule has 3 aliphatic carbocycles. The molecule has 0 heterocycles. The quantitative estimate of drug-likeness (QED) is 0.336. The van der Waals surface area contributed by atoms with E-state index in [9.17, 15) is 5.11 Å². The Morgan fingerprint density at radius 2 is 1.14 bits per heavy atom. The van der Waals surface area contributed by atoms with E-state index in [4.69, 9.17) is 23.2 Å². The van der Waals surface area contributed by atoms with Crippen molar-refractivity contribution in [2.24, 2.45) is 59.2 Å². The van der Waals surface area contributed by atoms with Gasteiger partial charge in [0.25, 0.3) is 0 Å². The molecule has 3 heteroatoms. The lowest BCUT2D eigenvalue weighted by Gasteiger charge is -2.45. The molecule has 3 aliphatic rings. The van der Waals surface area contributed by atoms with Crippen molar-refractivity contribution in [3.63, 3.8) is 0 Å². The Bertz CT molecular complexity index is 1000. The lowest BCUT2D eigenvalue weighted by Crippen LogP contribution is -2.39. The summed E-state index contributed by atoms with van der Waals surface area (Å²) in [6.07, 6.45) is 1.16. The van der Waals surface area contributed by atoms with Crippen LogP contribution in [0.15, 0.2) is 44.6 Å². The molecule has 0 aromatic carbocycles. The van der Waals surface area contributed by atoms with Crippen molar-refractivity contribution in [3.8, 4) is 0 Å². The lowest BCUT2D eigenvalue weighted by molar-refractivity contribution is 0.0831. The van der Waals surface area contributed by atoms with E-state index in [2.05, 4.69) is 83.1 Å². The molecule has 0 bridgehead atoms. The first kappa shape index (κ1) is 30.0. The first-order chi connectivity index (χ1) is 16.4. The molecule has 0 aromatic heterocycles.